The Morgan fingerprint density at radius 3 is 2.15 bits per heavy atom. The van der Waals surface area contributed by atoms with E-state index in [-0.39, 0.29) is 12.1 Å². The van der Waals surface area contributed by atoms with Crippen molar-refractivity contribution in [1.82, 2.24) is 0 Å². The zero-order chi connectivity index (χ0) is 15.7. The molecule has 0 aliphatic rings. The molecular weight excluding hydrogens is 266 g/mol. The van der Waals surface area contributed by atoms with Crippen LogP contribution in [0.25, 0.3) is 0 Å². The van der Waals surface area contributed by atoms with E-state index in [0.717, 1.165) is 0 Å². The lowest BCUT2D eigenvalue weighted by Crippen LogP contribution is -2.21. The van der Waals surface area contributed by atoms with Gasteiger partial charge in [-0.15, -0.1) is 0 Å². The summed E-state index contributed by atoms with van der Waals surface area (Å²) in [6.45, 7) is 3.90. The maximum atomic E-state index is 9.10. The Labute approximate surface area is 115 Å². The maximum Gasteiger partial charge on any atom is 0.414 e. The van der Waals surface area contributed by atoms with Gasteiger partial charge in [-0.05, 0) is 26.0 Å². The largest absolute Gasteiger partial charge is 0.489 e. The number of aliphatic carboxylic acids is 2. The van der Waals surface area contributed by atoms with Gasteiger partial charge in [0.15, 0.2) is 5.96 Å². The molecule has 0 saturated heterocycles. The smallest absolute Gasteiger partial charge is 0.414 e. The molecule has 0 spiro atoms. The van der Waals surface area contributed by atoms with Gasteiger partial charge in [0, 0.05) is 0 Å². The Balaban J connectivity index is 0.000000511. The molecule has 8 heteroatoms. The van der Waals surface area contributed by atoms with Gasteiger partial charge in [0.25, 0.3) is 0 Å². The van der Waals surface area contributed by atoms with Crippen molar-refractivity contribution in [3.8, 4) is 5.75 Å². The molecule has 0 saturated carbocycles. The molecule has 1 aromatic rings. The molecule has 0 aliphatic carbocycles. The van der Waals surface area contributed by atoms with Crippen LogP contribution >= 0.6 is 0 Å². The van der Waals surface area contributed by atoms with Crippen molar-refractivity contribution in [2.45, 2.75) is 20.0 Å². The molecule has 0 amide bonds. The Hall–Kier alpha value is -2.77. The summed E-state index contributed by atoms with van der Waals surface area (Å²) in [5, 5.41) is 24.6. The molecule has 0 atom stereocenters. The second-order valence-electron chi connectivity index (χ2n) is 3.81. The van der Waals surface area contributed by atoms with Crippen LogP contribution in [0.4, 0.5) is 5.69 Å². The normalized spacial score (nSPS) is 9.15. The average Bonchev–Trinajstić information content (AvgIpc) is 2.31. The number of nitrogens with one attached hydrogen (secondary N) is 2. The number of carboxylic acids is 2. The van der Waals surface area contributed by atoms with E-state index in [4.69, 9.17) is 35.7 Å². The van der Waals surface area contributed by atoms with Crippen molar-refractivity contribution < 1.29 is 24.5 Å². The SMILES string of the molecule is CC(C)Oc1ccccc1NC(=N)N.O=C(O)C(=O)O. The second kappa shape index (κ2) is 8.35. The summed E-state index contributed by atoms with van der Waals surface area (Å²) in [6.07, 6.45) is 0.102. The lowest BCUT2D eigenvalue weighted by molar-refractivity contribution is -0.159. The summed E-state index contributed by atoms with van der Waals surface area (Å²) < 4.78 is 5.53. The third-order valence-electron chi connectivity index (χ3n) is 1.70. The molecule has 1 rings (SSSR count). The average molecular weight is 283 g/mol. The van der Waals surface area contributed by atoms with Crippen molar-refractivity contribution in [3.05, 3.63) is 24.3 Å². The van der Waals surface area contributed by atoms with Crippen LogP contribution < -0.4 is 15.8 Å². The molecule has 110 valence electrons. The molecule has 0 fully saturated rings. The van der Waals surface area contributed by atoms with Crippen molar-refractivity contribution in [1.29, 1.82) is 5.41 Å². The van der Waals surface area contributed by atoms with Crippen LogP contribution in [0.15, 0.2) is 24.3 Å². The van der Waals surface area contributed by atoms with E-state index in [9.17, 15) is 0 Å². The van der Waals surface area contributed by atoms with Crippen LogP contribution in [0.1, 0.15) is 13.8 Å². The highest BCUT2D eigenvalue weighted by atomic mass is 16.5. The van der Waals surface area contributed by atoms with E-state index in [0.29, 0.717) is 11.4 Å². The second-order valence-corrected chi connectivity index (χ2v) is 3.81. The number of hydrogen-bond acceptors (Lipinski definition) is 4. The monoisotopic (exact) mass is 283 g/mol. The number of carboxylic acid groups (broad SMARTS) is 2. The maximum absolute atomic E-state index is 9.10. The first kappa shape index (κ1) is 17.2. The fourth-order valence-electron chi connectivity index (χ4n) is 1.07. The van der Waals surface area contributed by atoms with Crippen molar-refractivity contribution in [2.75, 3.05) is 5.32 Å². The van der Waals surface area contributed by atoms with Gasteiger partial charge in [-0.2, -0.15) is 0 Å². The molecule has 0 aliphatic heterocycles. The summed E-state index contributed by atoms with van der Waals surface area (Å²) in [5.74, 6) is -3.03. The highest BCUT2D eigenvalue weighted by Crippen LogP contribution is 2.24. The molecule has 0 unspecified atom stereocenters. The number of anilines is 1. The van der Waals surface area contributed by atoms with E-state index < -0.39 is 11.9 Å². The molecule has 0 radical (unpaired) electrons. The zero-order valence-corrected chi connectivity index (χ0v) is 11.1. The molecule has 0 bridgehead atoms. The van der Waals surface area contributed by atoms with Crippen LogP contribution in [-0.4, -0.2) is 34.2 Å². The van der Waals surface area contributed by atoms with E-state index in [1.54, 1.807) is 0 Å². The summed E-state index contributed by atoms with van der Waals surface area (Å²) in [4.78, 5) is 18.2. The lowest BCUT2D eigenvalue weighted by atomic mass is 10.3. The third kappa shape index (κ3) is 7.54. The summed E-state index contributed by atoms with van der Waals surface area (Å²) in [7, 11) is 0. The zero-order valence-electron chi connectivity index (χ0n) is 11.1. The number of guanidine groups is 1. The van der Waals surface area contributed by atoms with Crippen molar-refractivity contribution >= 4 is 23.6 Å². The van der Waals surface area contributed by atoms with Gasteiger partial charge in [0.2, 0.25) is 0 Å². The van der Waals surface area contributed by atoms with Crippen molar-refractivity contribution in [3.63, 3.8) is 0 Å². The predicted molar refractivity (Wildman–Crippen MR) is 73.0 cm³/mol. The van der Waals surface area contributed by atoms with E-state index in [1.807, 2.05) is 38.1 Å². The van der Waals surface area contributed by atoms with E-state index in [2.05, 4.69) is 5.32 Å². The minimum absolute atomic E-state index is 0.0928. The highest BCUT2D eigenvalue weighted by Gasteiger charge is 2.04. The Morgan fingerprint density at radius 2 is 1.75 bits per heavy atom. The summed E-state index contributed by atoms with van der Waals surface area (Å²) in [6, 6.07) is 7.39. The molecule has 6 N–H and O–H groups in total. The topological polar surface area (TPSA) is 146 Å². The Kier molecular flexibility index (Phi) is 7.20. The van der Waals surface area contributed by atoms with E-state index >= 15 is 0 Å². The number of carbonyl (C=O) groups is 2. The first-order valence-electron chi connectivity index (χ1n) is 5.57. The van der Waals surface area contributed by atoms with Gasteiger partial charge in [-0.1, -0.05) is 12.1 Å². The minimum Gasteiger partial charge on any atom is -0.489 e. The first-order chi connectivity index (χ1) is 9.23. The van der Waals surface area contributed by atoms with Gasteiger partial charge >= 0.3 is 11.9 Å². The van der Waals surface area contributed by atoms with E-state index in [1.165, 1.54) is 0 Å². The Morgan fingerprint density at radius 1 is 1.25 bits per heavy atom. The molecule has 0 aromatic heterocycles. The third-order valence-corrected chi connectivity index (χ3v) is 1.70. The number of nitrogens with two attached hydrogens (primary N) is 1. The number of rotatable bonds is 3. The molecular formula is C12H17N3O5. The first-order valence-corrected chi connectivity index (χ1v) is 5.57. The van der Waals surface area contributed by atoms with Gasteiger partial charge in [0.1, 0.15) is 5.75 Å². The van der Waals surface area contributed by atoms with Gasteiger partial charge in [-0.3, -0.25) is 5.41 Å². The van der Waals surface area contributed by atoms with Gasteiger partial charge in [-0.25, -0.2) is 9.59 Å². The molecule has 0 heterocycles. The summed E-state index contributed by atoms with van der Waals surface area (Å²) in [5.41, 5.74) is 5.96. The van der Waals surface area contributed by atoms with Crippen LogP contribution in [0.3, 0.4) is 0 Å². The molecule has 20 heavy (non-hydrogen) atoms. The van der Waals surface area contributed by atoms with Crippen LogP contribution in [0, 0.1) is 5.41 Å². The predicted octanol–water partition coefficient (Wildman–Crippen LogP) is 0.935. The number of para-hydroxylation sites is 2. The highest BCUT2D eigenvalue weighted by molar-refractivity contribution is 6.27. The van der Waals surface area contributed by atoms with Gasteiger partial charge in [0.05, 0.1) is 11.8 Å². The fourth-order valence-corrected chi connectivity index (χ4v) is 1.07. The van der Waals surface area contributed by atoms with Crippen molar-refractivity contribution in [2.24, 2.45) is 5.73 Å². The molecule has 8 nitrogen and oxygen atoms in total. The number of hydrogen-bond donors (Lipinski definition) is 5. The standard InChI is InChI=1S/C10H15N3O.C2H2O4/c1-7(2)14-9-6-4-3-5-8(9)13-10(11)12;3-1(4)2(5)6/h3-7H,1-2H3,(H4,11,12,13);(H,3,4)(H,5,6). The minimum atomic E-state index is -1.82. The molecule has 1 aromatic carbocycles. The number of benzene rings is 1. The van der Waals surface area contributed by atoms with Gasteiger partial charge < -0.3 is 26.0 Å². The Bertz CT molecular complexity index is 476. The lowest BCUT2D eigenvalue weighted by Gasteiger charge is -2.14. The number of ether oxygens (including phenoxy) is 1. The van der Waals surface area contributed by atoms with Crippen LogP contribution in [-0.2, 0) is 9.59 Å². The summed E-state index contributed by atoms with van der Waals surface area (Å²) >= 11 is 0. The van der Waals surface area contributed by atoms with Crippen LogP contribution in [0.2, 0.25) is 0 Å². The van der Waals surface area contributed by atoms with Crippen LogP contribution in [0.5, 0.6) is 5.75 Å². The fraction of sp³-hybridized carbons (Fsp3) is 0.250. The quantitative estimate of drug-likeness (QED) is 0.315.